The van der Waals surface area contributed by atoms with E-state index in [0.717, 1.165) is 16.3 Å². The van der Waals surface area contributed by atoms with Gasteiger partial charge >= 0.3 is 0 Å². The Balaban J connectivity index is 1.81. The van der Waals surface area contributed by atoms with E-state index < -0.39 is 0 Å². The van der Waals surface area contributed by atoms with Gasteiger partial charge in [-0.25, -0.2) is 0 Å². The molecule has 0 aliphatic heterocycles. The molecule has 0 heterocycles. The minimum Gasteiger partial charge on any atom is -0.276 e. The Labute approximate surface area is 155 Å². The van der Waals surface area contributed by atoms with Crippen molar-refractivity contribution in [1.82, 2.24) is 0 Å². The van der Waals surface area contributed by atoms with Crippen LogP contribution in [0.15, 0.2) is 105 Å². The summed E-state index contributed by atoms with van der Waals surface area (Å²) in [5.74, 6) is 0. The Kier molecular flexibility index (Phi) is 6.20. The lowest BCUT2D eigenvalue weighted by Gasteiger charge is -2.03. The number of hydrogen-bond acceptors (Lipinski definition) is 4. The second-order valence-electron chi connectivity index (χ2n) is 4.97. The Bertz CT molecular complexity index is 867. The van der Waals surface area contributed by atoms with E-state index in [-0.39, 0.29) is 0 Å². The molecular weight excluding hydrogens is 352 g/mol. The lowest BCUT2D eigenvalue weighted by atomic mass is 10.3. The molecule has 0 saturated heterocycles. The van der Waals surface area contributed by atoms with Crippen molar-refractivity contribution < 1.29 is 0 Å². The number of halogens is 1. The maximum atomic E-state index is 6.05. The maximum Gasteiger partial charge on any atom is 0.232 e. The minimum absolute atomic E-state index is 0.481. The normalized spacial score (nSPS) is 11.6. The first-order valence-electron chi connectivity index (χ1n) is 7.58. The number of amidine groups is 1. The summed E-state index contributed by atoms with van der Waals surface area (Å²) in [5, 5.41) is 14.0. The van der Waals surface area contributed by atoms with Crippen LogP contribution >= 0.6 is 23.4 Å². The molecule has 124 valence electrons. The van der Waals surface area contributed by atoms with Crippen LogP contribution in [0, 0.1) is 0 Å². The SMILES string of the molecule is Clc1cccc(SC(N=Nc2ccccc2)=NNc2ccccc2)c1. The predicted molar refractivity (Wildman–Crippen MR) is 106 cm³/mol. The Morgan fingerprint density at radius 3 is 2.28 bits per heavy atom. The van der Waals surface area contributed by atoms with Crippen LogP contribution in [0.2, 0.25) is 5.02 Å². The molecule has 0 radical (unpaired) electrons. The summed E-state index contributed by atoms with van der Waals surface area (Å²) in [6, 6.07) is 26.8. The largest absolute Gasteiger partial charge is 0.276 e. The highest BCUT2D eigenvalue weighted by atomic mass is 35.5. The van der Waals surface area contributed by atoms with Crippen molar-refractivity contribution in [2.75, 3.05) is 5.43 Å². The Morgan fingerprint density at radius 2 is 1.56 bits per heavy atom. The third-order valence-electron chi connectivity index (χ3n) is 3.07. The average molecular weight is 367 g/mol. The summed E-state index contributed by atoms with van der Waals surface area (Å²) in [6.45, 7) is 0. The number of azo groups is 1. The van der Waals surface area contributed by atoms with Gasteiger partial charge in [-0.1, -0.05) is 54.1 Å². The summed E-state index contributed by atoms with van der Waals surface area (Å²) in [6.07, 6.45) is 0. The van der Waals surface area contributed by atoms with Crippen LogP contribution in [0.1, 0.15) is 0 Å². The van der Waals surface area contributed by atoms with Crippen molar-refractivity contribution in [2.45, 2.75) is 4.90 Å². The van der Waals surface area contributed by atoms with Crippen LogP contribution in [0.25, 0.3) is 0 Å². The number of thioether (sulfide) groups is 1. The number of nitrogens with zero attached hydrogens (tertiary/aromatic N) is 3. The molecule has 0 unspecified atom stereocenters. The van der Waals surface area contributed by atoms with E-state index in [9.17, 15) is 0 Å². The van der Waals surface area contributed by atoms with Gasteiger partial charge in [0.2, 0.25) is 5.17 Å². The van der Waals surface area contributed by atoms with Crippen molar-refractivity contribution in [1.29, 1.82) is 0 Å². The first-order chi connectivity index (χ1) is 12.3. The highest BCUT2D eigenvalue weighted by molar-refractivity contribution is 8.13. The highest BCUT2D eigenvalue weighted by Gasteiger charge is 2.03. The summed E-state index contributed by atoms with van der Waals surface area (Å²) < 4.78 is 0. The molecular formula is C19H15ClN4S. The van der Waals surface area contributed by atoms with Gasteiger partial charge in [-0.15, -0.1) is 15.3 Å². The number of anilines is 1. The van der Waals surface area contributed by atoms with E-state index in [4.69, 9.17) is 11.6 Å². The van der Waals surface area contributed by atoms with Gasteiger partial charge in [0, 0.05) is 9.92 Å². The predicted octanol–water partition coefficient (Wildman–Crippen LogP) is 6.60. The number of hydrogen-bond donors (Lipinski definition) is 1. The zero-order chi connectivity index (χ0) is 17.3. The van der Waals surface area contributed by atoms with Crippen molar-refractivity contribution in [3.8, 4) is 0 Å². The number of rotatable bonds is 4. The van der Waals surface area contributed by atoms with Gasteiger partial charge < -0.3 is 0 Å². The fraction of sp³-hybridized carbons (Fsp3) is 0. The van der Waals surface area contributed by atoms with E-state index in [0.29, 0.717) is 10.2 Å². The third kappa shape index (κ3) is 5.74. The monoisotopic (exact) mass is 366 g/mol. The first-order valence-corrected chi connectivity index (χ1v) is 8.78. The standard InChI is InChI=1S/C19H15ClN4S/c20-15-8-7-13-18(14-15)25-19(23-21-16-9-3-1-4-10-16)24-22-17-11-5-2-6-12-17/h1-14,21H. The van der Waals surface area contributed by atoms with Crippen LogP contribution in [-0.2, 0) is 0 Å². The molecule has 0 aliphatic carbocycles. The Hall–Kier alpha value is -2.63. The van der Waals surface area contributed by atoms with Crippen LogP contribution in [0.5, 0.6) is 0 Å². The summed E-state index contributed by atoms with van der Waals surface area (Å²) in [4.78, 5) is 0.938. The summed E-state index contributed by atoms with van der Waals surface area (Å²) in [5.41, 5.74) is 4.64. The van der Waals surface area contributed by atoms with Crippen LogP contribution in [0.3, 0.4) is 0 Å². The summed E-state index contributed by atoms with van der Waals surface area (Å²) >= 11 is 7.44. The van der Waals surface area contributed by atoms with E-state index in [2.05, 4.69) is 20.8 Å². The lowest BCUT2D eigenvalue weighted by Crippen LogP contribution is -1.95. The fourth-order valence-corrected chi connectivity index (χ4v) is 2.89. The molecule has 0 aliphatic rings. The lowest BCUT2D eigenvalue weighted by molar-refractivity contribution is 1.25. The molecule has 0 spiro atoms. The van der Waals surface area contributed by atoms with Crippen molar-refractivity contribution in [2.24, 2.45) is 15.3 Å². The molecule has 0 atom stereocenters. The molecule has 3 rings (SSSR count). The second kappa shape index (κ2) is 9.01. The van der Waals surface area contributed by atoms with Crippen molar-refractivity contribution >= 4 is 39.9 Å². The zero-order valence-electron chi connectivity index (χ0n) is 13.2. The molecule has 0 amide bonds. The number of benzene rings is 3. The molecule has 4 nitrogen and oxygen atoms in total. The molecule has 0 fully saturated rings. The molecule has 0 saturated carbocycles. The fourth-order valence-electron chi connectivity index (χ4n) is 1.92. The highest BCUT2D eigenvalue weighted by Crippen LogP contribution is 2.24. The van der Waals surface area contributed by atoms with Gasteiger partial charge in [-0.2, -0.15) is 0 Å². The molecule has 3 aromatic rings. The number of nitrogens with one attached hydrogen (secondary N) is 1. The molecule has 0 aromatic heterocycles. The van der Waals surface area contributed by atoms with Crippen LogP contribution < -0.4 is 5.43 Å². The molecule has 25 heavy (non-hydrogen) atoms. The smallest absolute Gasteiger partial charge is 0.232 e. The topological polar surface area (TPSA) is 49.1 Å². The van der Waals surface area contributed by atoms with Gasteiger partial charge in [0.25, 0.3) is 0 Å². The maximum absolute atomic E-state index is 6.05. The van der Waals surface area contributed by atoms with E-state index in [1.807, 2.05) is 84.9 Å². The van der Waals surface area contributed by atoms with Crippen LogP contribution in [-0.4, -0.2) is 5.17 Å². The number of hydrazone groups is 1. The molecule has 1 N–H and O–H groups in total. The molecule has 3 aromatic carbocycles. The zero-order valence-corrected chi connectivity index (χ0v) is 14.8. The van der Waals surface area contributed by atoms with Gasteiger partial charge in [0.05, 0.1) is 11.4 Å². The average Bonchev–Trinajstić information content (AvgIpc) is 2.66. The Morgan fingerprint density at radius 1 is 0.840 bits per heavy atom. The van der Waals surface area contributed by atoms with E-state index >= 15 is 0 Å². The minimum atomic E-state index is 0.481. The molecule has 0 bridgehead atoms. The number of para-hydroxylation sites is 1. The van der Waals surface area contributed by atoms with Gasteiger partial charge in [-0.3, -0.25) is 5.43 Å². The van der Waals surface area contributed by atoms with Crippen molar-refractivity contribution in [3.63, 3.8) is 0 Å². The third-order valence-corrected chi connectivity index (χ3v) is 4.15. The van der Waals surface area contributed by atoms with E-state index in [1.54, 1.807) is 0 Å². The van der Waals surface area contributed by atoms with E-state index in [1.165, 1.54) is 11.8 Å². The van der Waals surface area contributed by atoms with Gasteiger partial charge in [0.15, 0.2) is 0 Å². The van der Waals surface area contributed by atoms with Gasteiger partial charge in [0.1, 0.15) is 0 Å². The van der Waals surface area contributed by atoms with Crippen molar-refractivity contribution in [3.05, 3.63) is 90.0 Å². The first kappa shape index (κ1) is 17.2. The van der Waals surface area contributed by atoms with Crippen LogP contribution in [0.4, 0.5) is 11.4 Å². The molecule has 6 heteroatoms. The quantitative estimate of drug-likeness (QED) is 0.186. The second-order valence-corrected chi connectivity index (χ2v) is 6.44. The van der Waals surface area contributed by atoms with Gasteiger partial charge in [-0.05, 0) is 54.2 Å². The summed E-state index contributed by atoms with van der Waals surface area (Å²) in [7, 11) is 0.